The van der Waals surface area contributed by atoms with E-state index in [0.717, 1.165) is 93.8 Å². The molecule has 0 amide bonds. The average molecular weight is 831 g/mol. The number of nitrogens with zero attached hydrogens (tertiary/aromatic N) is 6. The maximum Gasteiger partial charge on any atom is 0.164 e. The van der Waals surface area contributed by atoms with Crippen LogP contribution in [0.3, 0.4) is 0 Å². The van der Waals surface area contributed by atoms with Crippen molar-refractivity contribution in [3.05, 3.63) is 212 Å². The predicted molar refractivity (Wildman–Crippen MR) is 262 cm³/mol. The van der Waals surface area contributed by atoms with E-state index in [1.807, 2.05) is 78.9 Å². The average Bonchev–Trinajstić information content (AvgIpc) is 4.04. The molecule has 0 saturated carbocycles. The van der Waals surface area contributed by atoms with E-state index in [1.165, 1.54) is 5.39 Å². The lowest BCUT2D eigenvalue weighted by atomic mass is 10.0. The molecule has 0 unspecified atom stereocenters. The van der Waals surface area contributed by atoms with Gasteiger partial charge in [0.05, 0.1) is 38.7 Å². The van der Waals surface area contributed by atoms with Gasteiger partial charge in [0.2, 0.25) is 0 Å². The summed E-state index contributed by atoms with van der Waals surface area (Å²) in [6, 6.07) is 73.0. The monoisotopic (exact) mass is 830 g/mol. The quantitative estimate of drug-likeness (QED) is 0.167. The van der Waals surface area contributed by atoms with Crippen molar-refractivity contribution in [1.82, 2.24) is 24.1 Å². The summed E-state index contributed by atoms with van der Waals surface area (Å²) in [6.07, 6.45) is 0. The van der Waals surface area contributed by atoms with E-state index >= 15 is 0 Å². The molecule has 4 heterocycles. The molecular weight excluding hydrogens is 797 g/mol. The van der Waals surface area contributed by atoms with Gasteiger partial charge in [-0.05, 0) is 83.9 Å². The Morgan fingerprint density at radius 2 is 0.954 bits per heavy atom. The molecule has 4 aromatic heterocycles. The first kappa shape index (κ1) is 36.5. The largest absolute Gasteiger partial charge is 0.456 e. The third-order valence-corrected chi connectivity index (χ3v) is 12.6. The van der Waals surface area contributed by atoms with Gasteiger partial charge >= 0.3 is 0 Å². The van der Waals surface area contributed by atoms with Gasteiger partial charge in [0.15, 0.2) is 17.5 Å². The highest BCUT2D eigenvalue weighted by molar-refractivity contribution is 6.33. The summed E-state index contributed by atoms with van der Waals surface area (Å²) in [5, 5.41) is 17.6. The molecule has 0 aliphatic carbocycles. The molecule has 7 heteroatoms. The van der Waals surface area contributed by atoms with E-state index in [9.17, 15) is 5.26 Å². The lowest BCUT2D eigenvalue weighted by molar-refractivity contribution is 0.669. The highest BCUT2D eigenvalue weighted by Crippen LogP contribution is 2.46. The molecule has 0 aliphatic rings. The number of hydrogen-bond donors (Lipinski definition) is 0. The molecule has 302 valence electrons. The van der Waals surface area contributed by atoms with Crippen molar-refractivity contribution in [3.8, 4) is 62.7 Å². The summed E-state index contributed by atoms with van der Waals surface area (Å²) in [7, 11) is 0. The second-order valence-electron chi connectivity index (χ2n) is 16.3. The minimum absolute atomic E-state index is 0.480. The number of benzene rings is 9. The summed E-state index contributed by atoms with van der Waals surface area (Å²) in [5.74, 6) is 1.58. The van der Waals surface area contributed by atoms with Gasteiger partial charge in [0.1, 0.15) is 17.2 Å². The lowest BCUT2D eigenvalue weighted by Gasteiger charge is -2.13. The molecule has 13 aromatic rings. The van der Waals surface area contributed by atoms with Crippen LogP contribution in [0, 0.1) is 11.3 Å². The first-order valence-corrected chi connectivity index (χ1v) is 21.6. The SMILES string of the molecule is N#Cc1cc(-c2nc(-c3ccccc3)nc(-c3cccc(-c4ccccc4)c3)n2)ccc1-n1c2ccccc2c2c3c(ccc21)oc1ccc2c4ccccc4n(-c4ccccc4)c2c13. The van der Waals surface area contributed by atoms with E-state index < -0.39 is 0 Å². The summed E-state index contributed by atoms with van der Waals surface area (Å²) in [6.45, 7) is 0. The fourth-order valence-corrected chi connectivity index (χ4v) is 9.74. The molecule has 13 rings (SSSR count). The van der Waals surface area contributed by atoms with Crippen LogP contribution in [0.5, 0.6) is 0 Å². The van der Waals surface area contributed by atoms with Crippen LogP contribution in [0.15, 0.2) is 211 Å². The van der Waals surface area contributed by atoms with Crippen molar-refractivity contribution >= 4 is 65.6 Å². The standard InChI is InChI=1S/C58H34N6O/c59-35-41-34-40(58-61-56(37-17-6-2-7-18-37)60-57(62-58)39-20-14-19-38(33-39)36-15-4-1-5-16-36)27-29-46(41)64-48-26-13-11-24-45(48)52-49(64)30-32-50-53(52)54-51(65-50)31-28-44-43-23-10-12-25-47(43)63(55(44)54)42-21-8-3-9-22-42/h1-34H. The number of para-hydroxylation sites is 3. The predicted octanol–water partition coefficient (Wildman–Crippen LogP) is 14.5. The zero-order chi connectivity index (χ0) is 43.0. The summed E-state index contributed by atoms with van der Waals surface area (Å²) < 4.78 is 11.3. The first-order chi connectivity index (χ1) is 32.2. The van der Waals surface area contributed by atoms with Crippen molar-refractivity contribution in [2.45, 2.75) is 0 Å². The van der Waals surface area contributed by atoms with Crippen LogP contribution < -0.4 is 0 Å². The molecule has 0 bridgehead atoms. The second kappa shape index (κ2) is 14.5. The Labute approximate surface area is 372 Å². The minimum atomic E-state index is 0.480. The van der Waals surface area contributed by atoms with Gasteiger partial charge in [0, 0.05) is 49.3 Å². The second-order valence-corrected chi connectivity index (χ2v) is 16.3. The van der Waals surface area contributed by atoms with E-state index in [1.54, 1.807) is 0 Å². The van der Waals surface area contributed by atoms with E-state index in [2.05, 4.69) is 143 Å². The molecule has 9 aromatic carbocycles. The Morgan fingerprint density at radius 1 is 0.385 bits per heavy atom. The minimum Gasteiger partial charge on any atom is -0.456 e. The van der Waals surface area contributed by atoms with Crippen LogP contribution in [-0.4, -0.2) is 24.1 Å². The third kappa shape index (κ3) is 5.71. The normalized spacial score (nSPS) is 11.7. The van der Waals surface area contributed by atoms with Gasteiger partial charge in [-0.25, -0.2) is 15.0 Å². The van der Waals surface area contributed by atoms with Crippen LogP contribution in [-0.2, 0) is 0 Å². The number of rotatable bonds is 6. The molecule has 0 saturated heterocycles. The first-order valence-electron chi connectivity index (χ1n) is 21.6. The summed E-state index contributed by atoms with van der Waals surface area (Å²) >= 11 is 0. The number of furan rings is 1. The molecule has 0 fully saturated rings. The van der Waals surface area contributed by atoms with E-state index in [0.29, 0.717) is 28.6 Å². The summed E-state index contributed by atoms with van der Waals surface area (Å²) in [4.78, 5) is 15.1. The highest BCUT2D eigenvalue weighted by Gasteiger charge is 2.24. The van der Waals surface area contributed by atoms with Gasteiger partial charge in [-0.1, -0.05) is 133 Å². The molecule has 0 spiro atoms. The van der Waals surface area contributed by atoms with Crippen molar-refractivity contribution in [1.29, 1.82) is 5.26 Å². The molecule has 0 aliphatic heterocycles. The zero-order valence-corrected chi connectivity index (χ0v) is 34.7. The van der Waals surface area contributed by atoms with Crippen molar-refractivity contribution in [2.75, 3.05) is 0 Å². The summed E-state index contributed by atoms with van der Waals surface area (Å²) in [5.41, 5.74) is 12.8. The van der Waals surface area contributed by atoms with E-state index in [-0.39, 0.29) is 0 Å². The molecule has 7 nitrogen and oxygen atoms in total. The Hall–Kier alpha value is -9.12. The Morgan fingerprint density at radius 3 is 1.69 bits per heavy atom. The lowest BCUT2D eigenvalue weighted by Crippen LogP contribution is -2.02. The Balaban J connectivity index is 1.03. The topological polar surface area (TPSA) is 85.5 Å². The highest BCUT2D eigenvalue weighted by atomic mass is 16.3. The molecule has 0 radical (unpaired) electrons. The number of fused-ring (bicyclic) bond motifs is 11. The van der Waals surface area contributed by atoms with Crippen LogP contribution in [0.4, 0.5) is 0 Å². The zero-order valence-electron chi connectivity index (χ0n) is 34.7. The van der Waals surface area contributed by atoms with Crippen molar-refractivity contribution in [2.24, 2.45) is 0 Å². The van der Waals surface area contributed by atoms with Gasteiger partial charge in [-0.15, -0.1) is 0 Å². The molecule has 0 atom stereocenters. The molecule has 65 heavy (non-hydrogen) atoms. The van der Waals surface area contributed by atoms with E-state index in [4.69, 9.17) is 19.4 Å². The Kier molecular flexibility index (Phi) is 8.14. The van der Waals surface area contributed by atoms with Gasteiger partial charge in [0.25, 0.3) is 0 Å². The fourth-order valence-electron chi connectivity index (χ4n) is 9.74. The van der Waals surface area contributed by atoms with Crippen molar-refractivity contribution < 1.29 is 4.42 Å². The number of aromatic nitrogens is 5. The Bertz CT molecular complexity index is 4070. The van der Waals surface area contributed by atoms with Crippen LogP contribution >= 0.6 is 0 Å². The van der Waals surface area contributed by atoms with Crippen molar-refractivity contribution in [3.63, 3.8) is 0 Å². The molecule has 0 N–H and O–H groups in total. The van der Waals surface area contributed by atoms with Crippen LogP contribution in [0.2, 0.25) is 0 Å². The molecular formula is C58H34N6O. The number of nitriles is 1. The van der Waals surface area contributed by atoms with Gasteiger partial charge in [-0.2, -0.15) is 5.26 Å². The maximum atomic E-state index is 11.0. The fraction of sp³-hybridized carbons (Fsp3) is 0. The third-order valence-electron chi connectivity index (χ3n) is 12.6. The van der Waals surface area contributed by atoms with Gasteiger partial charge < -0.3 is 13.6 Å². The van der Waals surface area contributed by atoms with Crippen LogP contribution in [0.1, 0.15) is 5.56 Å². The number of hydrogen-bond acceptors (Lipinski definition) is 5. The van der Waals surface area contributed by atoms with Crippen LogP contribution in [0.25, 0.3) is 122 Å². The smallest absolute Gasteiger partial charge is 0.164 e. The van der Waals surface area contributed by atoms with Gasteiger partial charge in [-0.3, -0.25) is 0 Å². The maximum absolute atomic E-state index is 11.0.